The number of rotatable bonds is 2. The minimum atomic E-state index is 0.407. The highest BCUT2D eigenvalue weighted by Crippen LogP contribution is 2.32. The number of fused-ring (bicyclic) bond motifs is 1. The van der Waals surface area contributed by atoms with Gasteiger partial charge in [-0.25, -0.2) is 0 Å². The van der Waals surface area contributed by atoms with Gasteiger partial charge in [-0.2, -0.15) is 5.10 Å². The van der Waals surface area contributed by atoms with E-state index in [-0.39, 0.29) is 0 Å². The van der Waals surface area contributed by atoms with Gasteiger partial charge in [0.2, 0.25) is 0 Å². The van der Waals surface area contributed by atoms with Crippen molar-refractivity contribution in [1.29, 1.82) is 0 Å². The molecule has 0 aliphatic heterocycles. The van der Waals surface area contributed by atoms with Gasteiger partial charge in [-0.1, -0.05) is 12.1 Å². The van der Waals surface area contributed by atoms with Gasteiger partial charge < -0.3 is 5.32 Å². The summed E-state index contributed by atoms with van der Waals surface area (Å²) in [7, 11) is 2.04. The van der Waals surface area contributed by atoms with Gasteiger partial charge in [0.25, 0.3) is 0 Å². The van der Waals surface area contributed by atoms with Crippen molar-refractivity contribution >= 4 is 5.69 Å². The lowest BCUT2D eigenvalue weighted by Gasteiger charge is -2.25. The number of nitrogens with one attached hydrogen (secondary N) is 1. The number of hydrogen-bond donors (Lipinski definition) is 1. The largest absolute Gasteiger partial charge is 0.378 e. The maximum absolute atomic E-state index is 4.38. The van der Waals surface area contributed by atoms with Crippen molar-refractivity contribution in [3.8, 4) is 0 Å². The van der Waals surface area contributed by atoms with Crippen LogP contribution in [0.15, 0.2) is 30.5 Å². The smallest absolute Gasteiger partial charge is 0.0547 e. The van der Waals surface area contributed by atoms with E-state index in [4.69, 9.17) is 0 Å². The molecule has 3 nitrogen and oxygen atoms in total. The van der Waals surface area contributed by atoms with E-state index in [2.05, 4.69) is 41.6 Å². The number of nitrogens with zero attached hydrogens (tertiary/aromatic N) is 2. The van der Waals surface area contributed by atoms with Crippen molar-refractivity contribution in [3.05, 3.63) is 47.3 Å². The molecule has 1 aromatic carbocycles. The molecule has 1 N–H and O–H groups in total. The van der Waals surface area contributed by atoms with Crippen LogP contribution in [0.3, 0.4) is 0 Å². The third kappa shape index (κ3) is 2.01. The average Bonchev–Trinajstić information content (AvgIpc) is 2.73. The molecule has 1 heterocycles. The molecule has 0 saturated heterocycles. The topological polar surface area (TPSA) is 29.9 Å². The van der Waals surface area contributed by atoms with Gasteiger partial charge in [-0.3, -0.25) is 4.68 Å². The van der Waals surface area contributed by atoms with Gasteiger partial charge in [0, 0.05) is 24.0 Å². The van der Waals surface area contributed by atoms with Gasteiger partial charge in [0.15, 0.2) is 0 Å². The Kier molecular flexibility index (Phi) is 2.82. The van der Waals surface area contributed by atoms with E-state index in [1.165, 1.54) is 35.3 Å². The third-order valence-electron chi connectivity index (χ3n) is 3.73. The van der Waals surface area contributed by atoms with Crippen molar-refractivity contribution in [2.24, 2.45) is 7.05 Å². The molecule has 2 aromatic rings. The molecule has 94 valence electrons. The number of anilines is 1. The van der Waals surface area contributed by atoms with E-state index in [1.54, 1.807) is 0 Å². The maximum Gasteiger partial charge on any atom is 0.0547 e. The highest BCUT2D eigenvalue weighted by molar-refractivity contribution is 5.48. The van der Waals surface area contributed by atoms with Crippen molar-refractivity contribution < 1.29 is 0 Å². The SMILES string of the molecule is Cc1cccc(NC2CCCc3c2cnn3C)c1. The summed E-state index contributed by atoms with van der Waals surface area (Å²) in [6, 6.07) is 8.97. The molecule has 18 heavy (non-hydrogen) atoms. The third-order valence-corrected chi connectivity index (χ3v) is 3.73. The first-order valence-electron chi connectivity index (χ1n) is 6.58. The minimum absolute atomic E-state index is 0.407. The molecule has 1 unspecified atom stereocenters. The van der Waals surface area contributed by atoms with Crippen LogP contribution in [0.1, 0.15) is 35.7 Å². The van der Waals surface area contributed by atoms with Crippen LogP contribution in [0.4, 0.5) is 5.69 Å². The Hall–Kier alpha value is -1.77. The average molecular weight is 241 g/mol. The van der Waals surface area contributed by atoms with Gasteiger partial charge in [0.05, 0.1) is 12.2 Å². The number of aryl methyl sites for hydroxylation is 2. The highest BCUT2D eigenvalue weighted by Gasteiger charge is 2.23. The molecule has 1 atom stereocenters. The van der Waals surface area contributed by atoms with Gasteiger partial charge in [-0.05, 0) is 43.9 Å². The Balaban J connectivity index is 1.86. The van der Waals surface area contributed by atoms with Crippen LogP contribution < -0.4 is 5.32 Å². The Bertz CT molecular complexity index is 557. The summed E-state index contributed by atoms with van der Waals surface area (Å²) in [6.45, 7) is 2.13. The fraction of sp³-hybridized carbons (Fsp3) is 0.400. The highest BCUT2D eigenvalue weighted by atomic mass is 15.3. The molecule has 0 saturated carbocycles. The first-order valence-corrected chi connectivity index (χ1v) is 6.58. The van der Waals surface area contributed by atoms with Crippen molar-refractivity contribution in [3.63, 3.8) is 0 Å². The second-order valence-electron chi connectivity index (χ2n) is 5.13. The predicted octanol–water partition coefficient (Wildman–Crippen LogP) is 3.22. The van der Waals surface area contributed by atoms with Crippen LogP contribution in [0, 0.1) is 6.92 Å². The maximum atomic E-state index is 4.38. The van der Waals surface area contributed by atoms with Gasteiger partial charge >= 0.3 is 0 Å². The standard InChI is InChI=1S/C15H19N3/c1-11-5-3-6-12(9-11)17-14-7-4-8-15-13(14)10-16-18(15)2/h3,5-6,9-10,14,17H,4,7-8H2,1-2H3. The fourth-order valence-electron chi connectivity index (χ4n) is 2.79. The summed E-state index contributed by atoms with van der Waals surface area (Å²) in [5.74, 6) is 0. The molecular weight excluding hydrogens is 222 g/mol. The molecule has 1 aromatic heterocycles. The lowest BCUT2D eigenvalue weighted by molar-refractivity contribution is 0.571. The van der Waals surface area contributed by atoms with Crippen molar-refractivity contribution in [2.75, 3.05) is 5.32 Å². The van der Waals surface area contributed by atoms with E-state index >= 15 is 0 Å². The second-order valence-corrected chi connectivity index (χ2v) is 5.13. The number of hydrogen-bond acceptors (Lipinski definition) is 2. The van der Waals surface area contributed by atoms with Gasteiger partial charge in [-0.15, -0.1) is 0 Å². The first-order chi connectivity index (χ1) is 8.74. The minimum Gasteiger partial charge on any atom is -0.378 e. The Morgan fingerprint density at radius 1 is 1.39 bits per heavy atom. The monoisotopic (exact) mass is 241 g/mol. The van der Waals surface area contributed by atoms with Crippen LogP contribution in [0.2, 0.25) is 0 Å². The van der Waals surface area contributed by atoms with Crippen LogP contribution in [-0.2, 0) is 13.5 Å². The molecule has 1 aliphatic rings. The number of benzene rings is 1. The van der Waals surface area contributed by atoms with E-state index in [1.807, 2.05) is 17.9 Å². The van der Waals surface area contributed by atoms with Crippen LogP contribution in [0.25, 0.3) is 0 Å². The van der Waals surface area contributed by atoms with Crippen molar-refractivity contribution in [2.45, 2.75) is 32.2 Å². The second kappa shape index (κ2) is 4.48. The molecule has 3 heteroatoms. The van der Waals surface area contributed by atoms with Gasteiger partial charge in [0.1, 0.15) is 0 Å². The van der Waals surface area contributed by atoms with Crippen LogP contribution >= 0.6 is 0 Å². The molecule has 0 spiro atoms. The summed E-state index contributed by atoms with van der Waals surface area (Å²) in [4.78, 5) is 0. The molecule has 0 radical (unpaired) electrons. The van der Waals surface area contributed by atoms with Crippen LogP contribution in [-0.4, -0.2) is 9.78 Å². The lowest BCUT2D eigenvalue weighted by Crippen LogP contribution is -2.17. The molecule has 0 fully saturated rings. The zero-order chi connectivity index (χ0) is 12.5. The summed E-state index contributed by atoms with van der Waals surface area (Å²) in [5, 5.41) is 8.02. The summed E-state index contributed by atoms with van der Waals surface area (Å²) in [5.41, 5.74) is 5.25. The van der Waals surface area contributed by atoms with Crippen molar-refractivity contribution in [1.82, 2.24) is 9.78 Å². The summed E-state index contributed by atoms with van der Waals surface area (Å²) < 4.78 is 2.01. The zero-order valence-electron chi connectivity index (χ0n) is 11.0. The zero-order valence-corrected chi connectivity index (χ0v) is 11.0. The molecule has 1 aliphatic carbocycles. The molecule has 0 amide bonds. The molecule has 0 bridgehead atoms. The number of aromatic nitrogens is 2. The Labute approximate surface area is 108 Å². The van der Waals surface area contributed by atoms with E-state index in [0.717, 1.165) is 6.42 Å². The molecular formula is C15H19N3. The van der Waals surface area contributed by atoms with E-state index in [0.29, 0.717) is 6.04 Å². The predicted molar refractivity (Wildman–Crippen MR) is 73.7 cm³/mol. The fourth-order valence-corrected chi connectivity index (χ4v) is 2.79. The van der Waals surface area contributed by atoms with E-state index in [9.17, 15) is 0 Å². The van der Waals surface area contributed by atoms with Crippen LogP contribution in [0.5, 0.6) is 0 Å². The van der Waals surface area contributed by atoms with E-state index < -0.39 is 0 Å². The summed E-state index contributed by atoms with van der Waals surface area (Å²) >= 11 is 0. The quantitative estimate of drug-likeness (QED) is 0.875. The Morgan fingerprint density at radius 2 is 2.28 bits per heavy atom. The lowest BCUT2D eigenvalue weighted by atomic mass is 9.93. The summed E-state index contributed by atoms with van der Waals surface area (Å²) in [6.07, 6.45) is 5.59. The first kappa shape index (κ1) is 11.3. The molecule has 3 rings (SSSR count). The Morgan fingerprint density at radius 3 is 3.11 bits per heavy atom. The normalized spacial score (nSPS) is 18.4.